The number of aryl methyl sites for hydroxylation is 1. The number of hydrogen-bond acceptors (Lipinski definition) is 5. The molecule has 1 heterocycles. The van der Waals surface area contributed by atoms with Crippen LogP contribution in [-0.4, -0.2) is 49.7 Å². The standard InChI is InChI=1S/C21H32N2O4/c1-4-11-23-12-9-17(10-13-23)14-19(20(24)26-3)22-21(25)27-15-18-7-5-16(2)6-8-18/h5-8,17,19H,4,9-15H2,1-3H3,(H,22,25)/t19-/m0/s1. The van der Waals surface area contributed by atoms with E-state index in [2.05, 4.69) is 17.1 Å². The van der Waals surface area contributed by atoms with Crippen molar-refractivity contribution in [3.05, 3.63) is 35.4 Å². The summed E-state index contributed by atoms with van der Waals surface area (Å²) in [6, 6.07) is 7.12. The van der Waals surface area contributed by atoms with Gasteiger partial charge in [0.1, 0.15) is 12.6 Å². The van der Waals surface area contributed by atoms with Gasteiger partial charge in [0, 0.05) is 0 Å². The van der Waals surface area contributed by atoms with Crippen molar-refractivity contribution in [3.63, 3.8) is 0 Å². The zero-order valence-electron chi connectivity index (χ0n) is 16.7. The van der Waals surface area contributed by atoms with Crippen molar-refractivity contribution < 1.29 is 19.1 Å². The Kier molecular flexibility index (Phi) is 8.58. The van der Waals surface area contributed by atoms with Crippen molar-refractivity contribution in [1.82, 2.24) is 10.2 Å². The molecule has 0 spiro atoms. The Bertz CT molecular complexity index is 595. The molecular formula is C21H32N2O4. The van der Waals surface area contributed by atoms with Gasteiger partial charge in [-0.1, -0.05) is 36.8 Å². The van der Waals surface area contributed by atoms with Gasteiger partial charge >= 0.3 is 12.1 Å². The Labute approximate surface area is 162 Å². The molecular weight excluding hydrogens is 344 g/mol. The number of rotatable bonds is 8. The molecule has 1 aromatic carbocycles. The first-order chi connectivity index (χ1) is 13.0. The van der Waals surface area contributed by atoms with Gasteiger partial charge in [-0.3, -0.25) is 0 Å². The molecule has 1 N–H and O–H groups in total. The summed E-state index contributed by atoms with van der Waals surface area (Å²) in [5.41, 5.74) is 2.06. The normalized spacial score (nSPS) is 16.6. The first-order valence-electron chi connectivity index (χ1n) is 9.80. The maximum Gasteiger partial charge on any atom is 0.408 e. The SMILES string of the molecule is CCCN1CCC(C[C@H](NC(=O)OCc2ccc(C)cc2)C(=O)OC)CC1. The molecule has 0 aliphatic carbocycles. The first kappa shape index (κ1) is 21.2. The van der Waals surface area contributed by atoms with E-state index in [4.69, 9.17) is 9.47 Å². The molecule has 1 aliphatic rings. The van der Waals surface area contributed by atoms with E-state index in [1.807, 2.05) is 31.2 Å². The molecule has 1 aliphatic heterocycles. The second-order valence-corrected chi connectivity index (χ2v) is 7.30. The topological polar surface area (TPSA) is 67.9 Å². The monoisotopic (exact) mass is 376 g/mol. The molecule has 1 saturated heterocycles. The molecule has 0 bridgehead atoms. The van der Waals surface area contributed by atoms with Gasteiger partial charge in [-0.2, -0.15) is 0 Å². The van der Waals surface area contributed by atoms with Crippen LogP contribution in [0.3, 0.4) is 0 Å². The van der Waals surface area contributed by atoms with Gasteiger partial charge in [-0.15, -0.1) is 0 Å². The number of nitrogens with one attached hydrogen (secondary N) is 1. The molecule has 27 heavy (non-hydrogen) atoms. The fraction of sp³-hybridized carbons (Fsp3) is 0.619. The van der Waals surface area contributed by atoms with Gasteiger partial charge in [-0.25, -0.2) is 9.59 Å². The van der Waals surface area contributed by atoms with Crippen LogP contribution < -0.4 is 5.32 Å². The second kappa shape index (κ2) is 10.9. The number of ether oxygens (including phenoxy) is 2. The number of esters is 1. The summed E-state index contributed by atoms with van der Waals surface area (Å²) in [6.45, 7) is 7.58. The van der Waals surface area contributed by atoms with Crippen LogP contribution in [-0.2, 0) is 20.9 Å². The largest absolute Gasteiger partial charge is 0.467 e. The Morgan fingerprint density at radius 2 is 1.89 bits per heavy atom. The van der Waals surface area contributed by atoms with Gasteiger partial charge in [0.25, 0.3) is 0 Å². The van der Waals surface area contributed by atoms with Crippen molar-refractivity contribution >= 4 is 12.1 Å². The van der Waals surface area contributed by atoms with Gasteiger partial charge in [0.15, 0.2) is 0 Å². The van der Waals surface area contributed by atoms with Crippen LogP contribution in [0.4, 0.5) is 4.79 Å². The summed E-state index contributed by atoms with van der Waals surface area (Å²) in [5.74, 6) is -0.0159. The summed E-state index contributed by atoms with van der Waals surface area (Å²) in [5, 5.41) is 2.68. The number of nitrogens with zero attached hydrogens (tertiary/aromatic N) is 1. The zero-order valence-corrected chi connectivity index (χ0v) is 16.7. The number of piperidine rings is 1. The molecule has 6 heteroatoms. The highest BCUT2D eigenvalue weighted by Crippen LogP contribution is 2.22. The molecule has 0 aromatic heterocycles. The summed E-state index contributed by atoms with van der Waals surface area (Å²) >= 11 is 0. The molecule has 0 saturated carbocycles. The number of carbonyl (C=O) groups is 2. The summed E-state index contributed by atoms with van der Waals surface area (Å²) in [4.78, 5) is 26.7. The lowest BCUT2D eigenvalue weighted by Crippen LogP contribution is -2.44. The van der Waals surface area contributed by atoms with Crippen LogP contribution in [0.2, 0.25) is 0 Å². The number of carbonyl (C=O) groups excluding carboxylic acids is 2. The van der Waals surface area contributed by atoms with Gasteiger partial charge in [-0.05, 0) is 63.7 Å². The highest BCUT2D eigenvalue weighted by molar-refractivity contribution is 5.81. The van der Waals surface area contributed by atoms with E-state index in [1.165, 1.54) is 7.11 Å². The van der Waals surface area contributed by atoms with Crippen molar-refractivity contribution in [2.45, 2.75) is 52.2 Å². The maximum atomic E-state index is 12.1. The number of amides is 1. The van der Waals surface area contributed by atoms with Gasteiger partial charge < -0.3 is 19.7 Å². The predicted molar refractivity (Wildman–Crippen MR) is 104 cm³/mol. The Hall–Kier alpha value is -2.08. The van der Waals surface area contributed by atoms with Crippen LogP contribution >= 0.6 is 0 Å². The zero-order chi connectivity index (χ0) is 19.6. The van der Waals surface area contributed by atoms with Crippen LogP contribution in [0.5, 0.6) is 0 Å². The number of alkyl carbamates (subject to hydrolysis) is 1. The van der Waals surface area contributed by atoms with Crippen LogP contribution in [0, 0.1) is 12.8 Å². The fourth-order valence-corrected chi connectivity index (χ4v) is 3.47. The van der Waals surface area contributed by atoms with E-state index in [0.29, 0.717) is 12.3 Å². The van der Waals surface area contributed by atoms with Crippen molar-refractivity contribution in [2.75, 3.05) is 26.7 Å². The third-order valence-electron chi connectivity index (χ3n) is 5.08. The Morgan fingerprint density at radius 3 is 2.48 bits per heavy atom. The van der Waals surface area contributed by atoms with E-state index in [-0.39, 0.29) is 6.61 Å². The molecule has 0 unspecified atom stereocenters. The third-order valence-corrected chi connectivity index (χ3v) is 5.08. The van der Waals surface area contributed by atoms with E-state index in [9.17, 15) is 9.59 Å². The summed E-state index contributed by atoms with van der Waals surface area (Å²) in [7, 11) is 1.35. The molecule has 6 nitrogen and oxygen atoms in total. The third kappa shape index (κ3) is 7.21. The average Bonchev–Trinajstić information content (AvgIpc) is 2.68. The van der Waals surface area contributed by atoms with E-state index >= 15 is 0 Å². The van der Waals surface area contributed by atoms with Crippen LogP contribution in [0.15, 0.2) is 24.3 Å². The smallest absolute Gasteiger partial charge is 0.408 e. The maximum absolute atomic E-state index is 12.1. The van der Waals surface area contributed by atoms with Gasteiger partial charge in [0.05, 0.1) is 7.11 Å². The minimum atomic E-state index is -0.664. The van der Waals surface area contributed by atoms with Crippen LogP contribution in [0.1, 0.15) is 43.7 Å². The lowest BCUT2D eigenvalue weighted by atomic mass is 9.90. The van der Waals surface area contributed by atoms with Crippen molar-refractivity contribution in [2.24, 2.45) is 5.92 Å². The Morgan fingerprint density at radius 1 is 1.22 bits per heavy atom. The molecule has 0 radical (unpaired) electrons. The van der Waals surface area contributed by atoms with E-state index < -0.39 is 18.1 Å². The molecule has 1 aromatic rings. The quantitative estimate of drug-likeness (QED) is 0.705. The molecule has 1 fully saturated rings. The van der Waals surface area contributed by atoms with Crippen LogP contribution in [0.25, 0.3) is 0 Å². The lowest BCUT2D eigenvalue weighted by Gasteiger charge is -2.33. The van der Waals surface area contributed by atoms with Crippen molar-refractivity contribution in [1.29, 1.82) is 0 Å². The predicted octanol–water partition coefficient (Wildman–Crippen LogP) is 3.27. The molecule has 2 rings (SSSR count). The fourth-order valence-electron chi connectivity index (χ4n) is 3.47. The van der Waals surface area contributed by atoms with E-state index in [1.54, 1.807) is 0 Å². The molecule has 1 amide bonds. The summed E-state index contributed by atoms with van der Waals surface area (Å²) in [6.07, 6.45) is 3.23. The number of benzene rings is 1. The molecule has 150 valence electrons. The van der Waals surface area contributed by atoms with Crippen molar-refractivity contribution in [3.8, 4) is 0 Å². The minimum Gasteiger partial charge on any atom is -0.467 e. The summed E-state index contributed by atoms with van der Waals surface area (Å²) < 4.78 is 10.1. The van der Waals surface area contributed by atoms with E-state index in [0.717, 1.165) is 50.0 Å². The lowest BCUT2D eigenvalue weighted by molar-refractivity contribution is -0.143. The minimum absolute atomic E-state index is 0.176. The first-order valence-corrected chi connectivity index (χ1v) is 9.80. The second-order valence-electron chi connectivity index (χ2n) is 7.30. The number of methoxy groups -OCH3 is 1. The average molecular weight is 376 g/mol. The number of likely N-dealkylation sites (tertiary alicyclic amines) is 1. The highest BCUT2D eigenvalue weighted by Gasteiger charge is 2.28. The highest BCUT2D eigenvalue weighted by atomic mass is 16.6. The molecule has 1 atom stereocenters. The Balaban J connectivity index is 1.82. The van der Waals surface area contributed by atoms with Gasteiger partial charge in [0.2, 0.25) is 0 Å². The number of hydrogen-bond donors (Lipinski definition) is 1.